The van der Waals surface area contributed by atoms with E-state index in [1.807, 2.05) is 0 Å². The first-order chi connectivity index (χ1) is 11.9. The minimum Gasteiger partial charge on any atom is -0.320 e. The molecule has 0 radical (unpaired) electrons. The number of anilines is 1. The Balaban J connectivity index is 1.98. The van der Waals surface area contributed by atoms with E-state index in [2.05, 4.69) is 67.0 Å². The molecule has 1 amide bonds. The largest absolute Gasteiger partial charge is 0.320 e. The zero-order valence-electron chi connectivity index (χ0n) is 13.8. The van der Waals surface area contributed by atoms with E-state index in [1.54, 1.807) is 0 Å². The number of nitrogens with zero attached hydrogens (tertiary/aromatic N) is 1. The third-order valence-corrected chi connectivity index (χ3v) is 10.3. The van der Waals surface area contributed by atoms with Crippen molar-refractivity contribution >= 4 is 88.3 Å². The molecule has 0 heterocycles. The maximum absolute atomic E-state index is 13.3. The lowest BCUT2D eigenvalue weighted by Gasteiger charge is -2.66. The summed E-state index contributed by atoms with van der Waals surface area (Å²) in [6, 6.07) is 2.48. The topological polar surface area (TPSA) is 72.2 Å². The standard InChI is InChI=1S/C16H15Br3Cl2N2O3/c1-14(2)15(12(18)19)3-4-16(14,11(15)17)13(24)22-9-5-7(20)8(21)6-10(9)23(25)26/h5-6,11-12H,3-4H2,1-2H3,(H,22,24). The molecule has 4 rings (SSSR count). The second-order valence-corrected chi connectivity index (χ2v) is 12.1. The number of fused-ring (bicyclic) bond motifs is 1. The van der Waals surface area contributed by atoms with Crippen molar-refractivity contribution in [3.05, 3.63) is 32.3 Å². The number of nitro benzene ring substituents is 1. The summed E-state index contributed by atoms with van der Waals surface area (Å²) in [6.45, 7) is 4.13. The van der Waals surface area contributed by atoms with Crippen LogP contribution >= 0.6 is 71.0 Å². The number of amides is 1. The number of nitrogens with one attached hydrogen (secondary N) is 1. The van der Waals surface area contributed by atoms with E-state index in [9.17, 15) is 14.9 Å². The Morgan fingerprint density at radius 1 is 1.31 bits per heavy atom. The maximum Gasteiger partial charge on any atom is 0.294 e. The Morgan fingerprint density at radius 3 is 2.35 bits per heavy atom. The molecule has 0 aromatic heterocycles. The van der Waals surface area contributed by atoms with E-state index in [-0.39, 0.29) is 46.7 Å². The zero-order chi connectivity index (χ0) is 19.7. The van der Waals surface area contributed by atoms with Gasteiger partial charge in [0.25, 0.3) is 5.69 Å². The van der Waals surface area contributed by atoms with E-state index < -0.39 is 10.3 Å². The lowest BCUT2D eigenvalue weighted by Crippen LogP contribution is -2.71. The molecular formula is C16H15Br3Cl2N2O3. The van der Waals surface area contributed by atoms with Gasteiger partial charge in [-0.15, -0.1) is 0 Å². The van der Waals surface area contributed by atoms with Crippen molar-refractivity contribution in [2.24, 2.45) is 16.2 Å². The van der Waals surface area contributed by atoms with Gasteiger partial charge in [0.05, 0.1) is 24.1 Å². The Kier molecular flexibility index (Phi) is 5.27. The van der Waals surface area contributed by atoms with Gasteiger partial charge in [-0.1, -0.05) is 84.8 Å². The summed E-state index contributed by atoms with van der Waals surface area (Å²) in [5, 5.41) is 14.3. The number of hydrogen-bond acceptors (Lipinski definition) is 3. The molecule has 2 bridgehead atoms. The molecule has 0 saturated heterocycles. The van der Waals surface area contributed by atoms with Crippen molar-refractivity contribution < 1.29 is 9.72 Å². The predicted molar refractivity (Wildman–Crippen MR) is 114 cm³/mol. The zero-order valence-corrected chi connectivity index (χ0v) is 20.1. The Labute approximate surface area is 186 Å². The van der Waals surface area contributed by atoms with Crippen molar-refractivity contribution in [2.45, 2.75) is 35.3 Å². The lowest BCUT2D eigenvalue weighted by atomic mass is 9.43. The third kappa shape index (κ3) is 2.41. The van der Waals surface area contributed by atoms with Crippen LogP contribution in [0.4, 0.5) is 11.4 Å². The average Bonchev–Trinajstić information content (AvgIpc) is 3.00. The first-order valence-electron chi connectivity index (χ1n) is 7.80. The van der Waals surface area contributed by atoms with E-state index in [4.69, 9.17) is 23.2 Å². The number of hydrogen-bond donors (Lipinski definition) is 1. The highest BCUT2D eigenvalue weighted by molar-refractivity contribution is 9.24. The number of carbonyl (C=O) groups excluding carboxylic acids is 1. The summed E-state index contributed by atoms with van der Waals surface area (Å²) in [5.41, 5.74) is -1.35. The van der Waals surface area contributed by atoms with Crippen LogP contribution in [0.5, 0.6) is 0 Å². The number of benzene rings is 1. The number of alkyl halides is 3. The highest BCUT2D eigenvalue weighted by Gasteiger charge is 2.83. The van der Waals surface area contributed by atoms with Crippen LogP contribution in [0.15, 0.2) is 12.1 Å². The van der Waals surface area contributed by atoms with Crippen molar-refractivity contribution in [1.82, 2.24) is 0 Å². The van der Waals surface area contributed by atoms with Gasteiger partial charge < -0.3 is 5.32 Å². The maximum atomic E-state index is 13.3. The Morgan fingerprint density at radius 2 is 1.88 bits per heavy atom. The monoisotopic (exact) mass is 590 g/mol. The van der Waals surface area contributed by atoms with Gasteiger partial charge in [-0.2, -0.15) is 0 Å². The van der Waals surface area contributed by atoms with Gasteiger partial charge in [0.15, 0.2) is 0 Å². The molecule has 3 saturated carbocycles. The Bertz CT molecular complexity index is 820. The molecule has 5 nitrogen and oxygen atoms in total. The summed E-state index contributed by atoms with van der Waals surface area (Å²) in [7, 11) is 0. The fourth-order valence-electron chi connectivity index (χ4n) is 4.72. The first-order valence-corrected chi connectivity index (χ1v) is 11.3. The molecule has 10 heteroatoms. The molecule has 3 unspecified atom stereocenters. The summed E-state index contributed by atoms with van der Waals surface area (Å²) >= 11 is 22.9. The molecule has 0 spiro atoms. The normalized spacial score (nSPS) is 31.6. The highest BCUT2D eigenvalue weighted by Crippen LogP contribution is 2.82. The molecule has 1 aromatic carbocycles. The molecule has 0 aliphatic heterocycles. The molecule has 1 aromatic rings. The van der Waals surface area contributed by atoms with Crippen LogP contribution in [-0.4, -0.2) is 19.4 Å². The minimum atomic E-state index is -0.674. The second-order valence-electron chi connectivity index (χ2n) is 7.29. The van der Waals surface area contributed by atoms with Crippen molar-refractivity contribution in [1.29, 1.82) is 0 Å². The molecular weight excluding hydrogens is 579 g/mol. The van der Waals surface area contributed by atoms with Gasteiger partial charge in [-0.05, 0) is 24.3 Å². The van der Waals surface area contributed by atoms with E-state index in [0.717, 1.165) is 12.5 Å². The summed E-state index contributed by atoms with van der Waals surface area (Å²) < 4.78 is 0.0459. The smallest absolute Gasteiger partial charge is 0.294 e. The molecule has 26 heavy (non-hydrogen) atoms. The van der Waals surface area contributed by atoms with E-state index in [0.29, 0.717) is 6.42 Å². The van der Waals surface area contributed by atoms with Gasteiger partial charge in [0.1, 0.15) is 5.69 Å². The average molecular weight is 594 g/mol. The van der Waals surface area contributed by atoms with Crippen molar-refractivity contribution in [3.63, 3.8) is 0 Å². The lowest BCUT2D eigenvalue weighted by molar-refractivity contribution is -0.383. The SMILES string of the molecule is CC1(C)C2(C(=O)Nc3cc(Cl)c(Cl)cc3[N+](=O)[O-])CCC1(C(Br)Br)C2Br. The van der Waals surface area contributed by atoms with Crippen LogP contribution in [0.25, 0.3) is 0 Å². The summed E-state index contributed by atoms with van der Waals surface area (Å²) in [4.78, 5) is 24.0. The molecule has 3 aliphatic carbocycles. The second kappa shape index (κ2) is 6.58. The van der Waals surface area contributed by atoms with Crippen molar-refractivity contribution in [2.75, 3.05) is 5.32 Å². The number of halogens is 5. The van der Waals surface area contributed by atoms with Gasteiger partial charge in [-0.25, -0.2) is 0 Å². The van der Waals surface area contributed by atoms with Crippen LogP contribution < -0.4 is 5.32 Å². The quantitative estimate of drug-likeness (QED) is 0.245. The summed E-state index contributed by atoms with van der Waals surface area (Å²) in [5.74, 6) is -0.250. The number of nitro groups is 1. The van der Waals surface area contributed by atoms with Crippen LogP contribution in [0.3, 0.4) is 0 Å². The van der Waals surface area contributed by atoms with Crippen LogP contribution in [-0.2, 0) is 4.79 Å². The van der Waals surface area contributed by atoms with Crippen LogP contribution in [0.2, 0.25) is 10.0 Å². The van der Waals surface area contributed by atoms with Gasteiger partial charge >= 0.3 is 0 Å². The fourth-order valence-corrected chi connectivity index (χ4v) is 9.96. The van der Waals surface area contributed by atoms with E-state index in [1.165, 1.54) is 6.07 Å². The van der Waals surface area contributed by atoms with Gasteiger partial charge in [0, 0.05) is 16.3 Å². The third-order valence-electron chi connectivity index (χ3n) is 6.37. The van der Waals surface area contributed by atoms with Crippen LogP contribution in [0, 0.1) is 26.4 Å². The Hall–Kier alpha value is 0.110. The fraction of sp³-hybridized carbons (Fsp3) is 0.562. The van der Waals surface area contributed by atoms with Gasteiger partial charge in [0.2, 0.25) is 5.91 Å². The van der Waals surface area contributed by atoms with Crippen molar-refractivity contribution in [3.8, 4) is 0 Å². The first kappa shape index (κ1) is 20.8. The number of rotatable bonds is 4. The molecule has 142 valence electrons. The molecule has 3 atom stereocenters. The molecule has 3 fully saturated rings. The highest BCUT2D eigenvalue weighted by atomic mass is 79.9. The van der Waals surface area contributed by atoms with Crippen LogP contribution in [0.1, 0.15) is 26.7 Å². The predicted octanol–water partition coefficient (Wildman–Crippen LogP) is 6.53. The van der Waals surface area contributed by atoms with E-state index >= 15 is 0 Å². The summed E-state index contributed by atoms with van der Waals surface area (Å²) in [6.07, 6.45) is 1.54. The minimum absolute atomic E-state index is 0.0459. The van der Waals surface area contributed by atoms with Gasteiger partial charge in [-0.3, -0.25) is 14.9 Å². The molecule has 3 aliphatic rings. The molecule has 1 N–H and O–H groups in total. The number of carbonyl (C=O) groups is 1.